The fourth-order valence-electron chi connectivity index (χ4n) is 0.765. The lowest BCUT2D eigenvalue weighted by atomic mass is 10.2. The molecule has 0 aliphatic rings. The Morgan fingerprint density at radius 3 is 2.56 bits per heavy atom. The molecule has 1 unspecified atom stereocenters. The first-order valence-corrected chi connectivity index (χ1v) is 3.46. The van der Waals surface area contributed by atoms with Gasteiger partial charge in [0.1, 0.15) is 0 Å². The number of hydrazine groups is 1. The molecule has 0 aromatic rings. The SMILES string of the molecule is CCCC(CC)ONN. The number of rotatable bonds is 5. The standard InChI is InChI=1S/C6H16N2O/c1-3-5-6(4-2)9-8-7/h6,8H,3-5,7H2,1-2H3. The molecule has 0 bridgehead atoms. The van der Waals surface area contributed by atoms with Crippen LogP contribution in [0.3, 0.4) is 0 Å². The summed E-state index contributed by atoms with van der Waals surface area (Å²) in [5.74, 6) is 4.96. The van der Waals surface area contributed by atoms with Gasteiger partial charge in [-0.05, 0) is 12.8 Å². The minimum Gasteiger partial charge on any atom is -0.284 e. The molecule has 0 saturated heterocycles. The third kappa shape index (κ3) is 4.39. The molecule has 0 heterocycles. The summed E-state index contributed by atoms with van der Waals surface area (Å²) in [4.78, 5) is 4.96. The zero-order chi connectivity index (χ0) is 7.11. The first kappa shape index (κ1) is 8.88. The second-order valence-corrected chi connectivity index (χ2v) is 2.05. The van der Waals surface area contributed by atoms with Crippen molar-refractivity contribution in [3.8, 4) is 0 Å². The van der Waals surface area contributed by atoms with E-state index in [1.54, 1.807) is 0 Å². The minimum atomic E-state index is 0.278. The van der Waals surface area contributed by atoms with E-state index in [1.165, 1.54) is 0 Å². The van der Waals surface area contributed by atoms with E-state index in [2.05, 4.69) is 19.4 Å². The van der Waals surface area contributed by atoms with Crippen molar-refractivity contribution in [1.82, 2.24) is 5.59 Å². The third-order valence-electron chi connectivity index (χ3n) is 1.30. The van der Waals surface area contributed by atoms with Gasteiger partial charge in [0, 0.05) is 0 Å². The van der Waals surface area contributed by atoms with Crippen molar-refractivity contribution in [2.24, 2.45) is 5.84 Å². The van der Waals surface area contributed by atoms with Gasteiger partial charge in [0.2, 0.25) is 0 Å². The normalized spacial score (nSPS) is 13.7. The van der Waals surface area contributed by atoms with Crippen LogP contribution >= 0.6 is 0 Å². The van der Waals surface area contributed by atoms with Crippen LogP contribution < -0.4 is 11.4 Å². The summed E-state index contributed by atoms with van der Waals surface area (Å²) < 4.78 is 0. The number of nitrogens with two attached hydrogens (primary N) is 1. The summed E-state index contributed by atoms with van der Waals surface area (Å²) >= 11 is 0. The first-order chi connectivity index (χ1) is 4.35. The Morgan fingerprint density at radius 1 is 1.56 bits per heavy atom. The monoisotopic (exact) mass is 132 g/mol. The molecular weight excluding hydrogens is 116 g/mol. The molecule has 0 radical (unpaired) electrons. The van der Waals surface area contributed by atoms with E-state index in [-0.39, 0.29) is 6.10 Å². The van der Waals surface area contributed by atoms with Crippen LogP contribution in [0.4, 0.5) is 0 Å². The minimum absolute atomic E-state index is 0.278. The van der Waals surface area contributed by atoms with E-state index in [1.807, 2.05) is 0 Å². The third-order valence-corrected chi connectivity index (χ3v) is 1.30. The summed E-state index contributed by atoms with van der Waals surface area (Å²) in [5, 5.41) is 0. The summed E-state index contributed by atoms with van der Waals surface area (Å²) in [7, 11) is 0. The van der Waals surface area contributed by atoms with Crippen molar-refractivity contribution in [3.05, 3.63) is 0 Å². The molecule has 56 valence electrons. The molecule has 0 spiro atoms. The van der Waals surface area contributed by atoms with Crippen LogP contribution in [0.25, 0.3) is 0 Å². The van der Waals surface area contributed by atoms with Crippen molar-refractivity contribution >= 4 is 0 Å². The van der Waals surface area contributed by atoms with Crippen molar-refractivity contribution in [1.29, 1.82) is 0 Å². The van der Waals surface area contributed by atoms with Crippen molar-refractivity contribution < 1.29 is 4.84 Å². The highest BCUT2D eigenvalue weighted by molar-refractivity contribution is 4.50. The summed E-state index contributed by atoms with van der Waals surface area (Å²) in [6.07, 6.45) is 3.50. The number of hydrogen-bond acceptors (Lipinski definition) is 3. The Morgan fingerprint density at radius 2 is 2.22 bits per heavy atom. The maximum Gasteiger partial charge on any atom is 0.0804 e. The van der Waals surface area contributed by atoms with E-state index in [4.69, 9.17) is 10.7 Å². The molecule has 3 heteroatoms. The van der Waals surface area contributed by atoms with E-state index < -0.39 is 0 Å². The number of hydrogen-bond donors (Lipinski definition) is 2. The van der Waals surface area contributed by atoms with E-state index >= 15 is 0 Å². The van der Waals surface area contributed by atoms with Gasteiger partial charge in [-0.25, -0.2) is 5.84 Å². The molecule has 3 N–H and O–H groups in total. The second-order valence-electron chi connectivity index (χ2n) is 2.05. The van der Waals surface area contributed by atoms with Gasteiger partial charge in [-0.15, -0.1) is 5.59 Å². The zero-order valence-corrected chi connectivity index (χ0v) is 6.18. The van der Waals surface area contributed by atoms with E-state index in [9.17, 15) is 0 Å². The quantitative estimate of drug-likeness (QED) is 0.432. The topological polar surface area (TPSA) is 47.3 Å². The largest absolute Gasteiger partial charge is 0.284 e. The highest BCUT2D eigenvalue weighted by Crippen LogP contribution is 2.02. The molecule has 0 saturated carbocycles. The van der Waals surface area contributed by atoms with Crippen molar-refractivity contribution in [3.63, 3.8) is 0 Å². The van der Waals surface area contributed by atoms with Gasteiger partial charge in [0.15, 0.2) is 0 Å². The predicted molar refractivity (Wildman–Crippen MR) is 37.4 cm³/mol. The van der Waals surface area contributed by atoms with Crippen LogP contribution in [0.1, 0.15) is 33.1 Å². The van der Waals surface area contributed by atoms with E-state index in [0.717, 1.165) is 19.3 Å². The van der Waals surface area contributed by atoms with E-state index in [0.29, 0.717) is 0 Å². The predicted octanol–water partition coefficient (Wildman–Crippen LogP) is 0.960. The smallest absolute Gasteiger partial charge is 0.0804 e. The van der Waals surface area contributed by atoms with Crippen LogP contribution in [-0.2, 0) is 4.84 Å². The lowest BCUT2D eigenvalue weighted by Crippen LogP contribution is -2.28. The maximum atomic E-state index is 4.96. The maximum absolute atomic E-state index is 4.96. The molecule has 0 aliphatic heterocycles. The van der Waals surface area contributed by atoms with Crippen LogP contribution in [0, 0.1) is 0 Å². The van der Waals surface area contributed by atoms with Crippen LogP contribution in [0.5, 0.6) is 0 Å². The average Bonchev–Trinajstić information content (AvgIpc) is 1.88. The van der Waals surface area contributed by atoms with Gasteiger partial charge in [-0.1, -0.05) is 20.3 Å². The highest BCUT2D eigenvalue weighted by Gasteiger charge is 2.02. The fourth-order valence-corrected chi connectivity index (χ4v) is 0.765. The molecule has 0 aliphatic carbocycles. The van der Waals surface area contributed by atoms with Gasteiger partial charge in [-0.3, -0.25) is 4.84 Å². The first-order valence-electron chi connectivity index (χ1n) is 3.46. The summed E-state index contributed by atoms with van der Waals surface area (Å²) in [6, 6.07) is 0. The number of nitrogens with one attached hydrogen (secondary N) is 1. The van der Waals surface area contributed by atoms with Crippen molar-refractivity contribution in [2.75, 3.05) is 0 Å². The summed E-state index contributed by atoms with van der Waals surface area (Å²) in [6.45, 7) is 4.21. The molecule has 0 aromatic heterocycles. The van der Waals surface area contributed by atoms with Gasteiger partial charge in [-0.2, -0.15) is 0 Å². The lowest BCUT2D eigenvalue weighted by Gasteiger charge is -2.11. The fraction of sp³-hybridized carbons (Fsp3) is 1.00. The Hall–Kier alpha value is -0.120. The molecule has 0 fully saturated rings. The Kier molecular flexibility index (Phi) is 5.93. The van der Waals surface area contributed by atoms with Gasteiger partial charge in [0.25, 0.3) is 0 Å². The summed E-state index contributed by atoms with van der Waals surface area (Å²) in [5.41, 5.74) is 2.20. The molecule has 0 aromatic carbocycles. The molecule has 0 amide bonds. The Bertz CT molecular complexity index is 53.0. The second kappa shape index (κ2) is 6.01. The molecule has 9 heavy (non-hydrogen) atoms. The molecule has 3 nitrogen and oxygen atoms in total. The molecular formula is C6H16N2O. The van der Waals surface area contributed by atoms with Crippen LogP contribution in [0.2, 0.25) is 0 Å². The van der Waals surface area contributed by atoms with Gasteiger partial charge < -0.3 is 0 Å². The van der Waals surface area contributed by atoms with Gasteiger partial charge >= 0.3 is 0 Å². The molecule has 1 atom stereocenters. The lowest BCUT2D eigenvalue weighted by molar-refractivity contribution is -0.0312. The average molecular weight is 132 g/mol. The van der Waals surface area contributed by atoms with Crippen molar-refractivity contribution in [2.45, 2.75) is 39.2 Å². The van der Waals surface area contributed by atoms with Gasteiger partial charge in [0.05, 0.1) is 6.10 Å². The zero-order valence-electron chi connectivity index (χ0n) is 6.18. The Balaban J connectivity index is 3.18. The Labute approximate surface area is 56.5 Å². The van der Waals surface area contributed by atoms with Crippen LogP contribution in [-0.4, -0.2) is 6.10 Å². The van der Waals surface area contributed by atoms with Crippen LogP contribution in [0.15, 0.2) is 0 Å². The highest BCUT2D eigenvalue weighted by atomic mass is 16.7. The molecule has 0 rings (SSSR count).